The van der Waals surface area contributed by atoms with E-state index < -0.39 is 10.0 Å². The van der Waals surface area contributed by atoms with Crippen molar-refractivity contribution in [2.45, 2.75) is 30.6 Å². The molecule has 0 fully saturated rings. The standard InChI is InChI=1S/C24H23N3O3S/c1-15-20-13-18(22-4-2-3-10-26-22)6-5-17(20)12-21(15)24(28)27-11-9-16-7-8-19(14-23(16)27)31(25,29)30/h2-8,10,13-15,21H,9,11-12H2,1H3,(H2,25,29,30). The molecule has 0 radical (unpaired) electrons. The normalized spacial score (nSPS) is 19.9. The lowest BCUT2D eigenvalue weighted by atomic mass is 9.92. The van der Waals surface area contributed by atoms with E-state index in [4.69, 9.17) is 5.14 Å². The fraction of sp³-hybridized carbons (Fsp3) is 0.250. The highest BCUT2D eigenvalue weighted by molar-refractivity contribution is 7.89. The number of benzene rings is 2. The van der Waals surface area contributed by atoms with Crippen LogP contribution in [0.5, 0.6) is 0 Å². The molecule has 1 aliphatic heterocycles. The average Bonchev–Trinajstić information content (AvgIpc) is 3.34. The van der Waals surface area contributed by atoms with E-state index >= 15 is 0 Å². The van der Waals surface area contributed by atoms with Gasteiger partial charge in [-0.15, -0.1) is 0 Å². The number of carbonyl (C=O) groups excluding carboxylic acids is 1. The molecule has 31 heavy (non-hydrogen) atoms. The van der Waals surface area contributed by atoms with Crippen LogP contribution in [0.4, 0.5) is 5.69 Å². The molecule has 2 N–H and O–H groups in total. The first kappa shape index (κ1) is 19.9. The summed E-state index contributed by atoms with van der Waals surface area (Å²) in [5, 5.41) is 5.30. The monoisotopic (exact) mass is 433 g/mol. The van der Waals surface area contributed by atoms with Gasteiger partial charge in [0.05, 0.1) is 10.6 Å². The van der Waals surface area contributed by atoms with Crippen LogP contribution >= 0.6 is 0 Å². The molecule has 5 rings (SSSR count). The molecule has 0 saturated carbocycles. The molecular weight excluding hydrogens is 410 g/mol. The van der Waals surface area contributed by atoms with Crippen LogP contribution in [0, 0.1) is 5.92 Å². The number of anilines is 1. The number of sulfonamides is 1. The van der Waals surface area contributed by atoms with E-state index in [2.05, 4.69) is 30.1 Å². The number of hydrogen-bond acceptors (Lipinski definition) is 4. The summed E-state index contributed by atoms with van der Waals surface area (Å²) in [5.41, 5.74) is 5.96. The van der Waals surface area contributed by atoms with Crippen LogP contribution in [0.25, 0.3) is 11.3 Å². The summed E-state index contributed by atoms with van der Waals surface area (Å²) in [6, 6.07) is 16.9. The zero-order valence-corrected chi connectivity index (χ0v) is 18.0. The van der Waals surface area contributed by atoms with Crippen LogP contribution < -0.4 is 10.0 Å². The number of primary sulfonamides is 1. The van der Waals surface area contributed by atoms with Gasteiger partial charge in [-0.3, -0.25) is 9.78 Å². The molecule has 2 atom stereocenters. The molecule has 6 nitrogen and oxygen atoms in total. The van der Waals surface area contributed by atoms with Gasteiger partial charge >= 0.3 is 0 Å². The van der Waals surface area contributed by atoms with Gasteiger partial charge in [0.25, 0.3) is 0 Å². The highest BCUT2D eigenvalue weighted by Crippen LogP contribution is 2.42. The predicted octanol–water partition coefficient (Wildman–Crippen LogP) is 3.26. The molecule has 1 aromatic heterocycles. The molecule has 1 aliphatic carbocycles. The largest absolute Gasteiger partial charge is 0.312 e. The third-order valence-corrected chi connectivity index (χ3v) is 7.42. The topological polar surface area (TPSA) is 93.4 Å². The number of rotatable bonds is 3. The molecule has 158 valence electrons. The highest BCUT2D eigenvalue weighted by Gasteiger charge is 2.39. The minimum Gasteiger partial charge on any atom is -0.312 e. The number of pyridine rings is 1. The van der Waals surface area contributed by atoms with E-state index in [1.54, 1.807) is 17.2 Å². The van der Waals surface area contributed by atoms with Gasteiger partial charge in [0.2, 0.25) is 15.9 Å². The van der Waals surface area contributed by atoms with Crippen molar-refractivity contribution >= 4 is 21.6 Å². The molecule has 3 aromatic rings. The van der Waals surface area contributed by atoms with Crippen molar-refractivity contribution in [2.24, 2.45) is 11.1 Å². The highest BCUT2D eigenvalue weighted by atomic mass is 32.2. The number of amides is 1. The minimum absolute atomic E-state index is 0.0356. The van der Waals surface area contributed by atoms with Crippen LogP contribution in [0.2, 0.25) is 0 Å². The Kier molecular flexibility index (Phi) is 4.68. The van der Waals surface area contributed by atoms with Crippen molar-refractivity contribution in [1.82, 2.24) is 4.98 Å². The first-order valence-corrected chi connectivity index (χ1v) is 11.9. The van der Waals surface area contributed by atoms with Crippen molar-refractivity contribution in [1.29, 1.82) is 0 Å². The minimum atomic E-state index is -3.82. The van der Waals surface area contributed by atoms with Crippen LogP contribution in [-0.4, -0.2) is 25.9 Å². The average molecular weight is 434 g/mol. The molecule has 0 saturated heterocycles. The molecule has 2 unspecified atom stereocenters. The summed E-state index contributed by atoms with van der Waals surface area (Å²) >= 11 is 0. The summed E-state index contributed by atoms with van der Waals surface area (Å²) in [7, 11) is -3.82. The van der Waals surface area contributed by atoms with Crippen LogP contribution in [-0.2, 0) is 27.7 Å². The second-order valence-corrected chi connectivity index (χ2v) is 9.86. The second kappa shape index (κ2) is 7.28. The molecule has 2 aliphatic rings. The molecule has 7 heteroatoms. The fourth-order valence-corrected chi connectivity index (χ4v) is 5.33. The maximum Gasteiger partial charge on any atom is 0.238 e. The number of hydrogen-bond donors (Lipinski definition) is 1. The van der Waals surface area contributed by atoms with Crippen LogP contribution in [0.3, 0.4) is 0 Å². The maximum atomic E-state index is 13.5. The molecule has 2 heterocycles. The Morgan fingerprint density at radius 2 is 1.90 bits per heavy atom. The van der Waals surface area contributed by atoms with Gasteiger partial charge in [-0.2, -0.15) is 0 Å². The van der Waals surface area contributed by atoms with E-state index in [9.17, 15) is 13.2 Å². The number of aromatic nitrogens is 1. The smallest absolute Gasteiger partial charge is 0.238 e. The van der Waals surface area contributed by atoms with Gasteiger partial charge in [0, 0.05) is 29.9 Å². The lowest BCUT2D eigenvalue weighted by Crippen LogP contribution is -2.36. The summed E-state index contributed by atoms with van der Waals surface area (Å²) < 4.78 is 23.6. The summed E-state index contributed by atoms with van der Waals surface area (Å²) in [6.45, 7) is 2.65. The predicted molar refractivity (Wildman–Crippen MR) is 119 cm³/mol. The van der Waals surface area contributed by atoms with Gasteiger partial charge < -0.3 is 4.90 Å². The zero-order chi connectivity index (χ0) is 21.8. The number of nitrogens with zero attached hydrogens (tertiary/aromatic N) is 2. The lowest BCUT2D eigenvalue weighted by Gasteiger charge is -2.24. The van der Waals surface area contributed by atoms with E-state index in [1.807, 2.05) is 18.2 Å². The van der Waals surface area contributed by atoms with Gasteiger partial charge in [-0.1, -0.05) is 31.2 Å². The van der Waals surface area contributed by atoms with Gasteiger partial charge in [0.1, 0.15) is 0 Å². The molecule has 2 aromatic carbocycles. The summed E-state index contributed by atoms with van der Waals surface area (Å²) in [5.74, 6) is -0.0805. The Bertz CT molecular complexity index is 1290. The SMILES string of the molecule is CC1c2cc(-c3ccccn3)ccc2CC1C(=O)N1CCc2ccc(S(N)(=O)=O)cc21. The molecule has 0 bridgehead atoms. The van der Waals surface area contributed by atoms with Gasteiger partial charge in [-0.05, 0) is 65.8 Å². The first-order valence-electron chi connectivity index (χ1n) is 10.3. The Labute approximate surface area is 181 Å². The molecule has 0 spiro atoms. The maximum absolute atomic E-state index is 13.5. The second-order valence-electron chi connectivity index (χ2n) is 8.30. The fourth-order valence-electron chi connectivity index (χ4n) is 4.79. The quantitative estimate of drug-likeness (QED) is 0.686. The summed E-state index contributed by atoms with van der Waals surface area (Å²) in [4.78, 5) is 19.7. The number of fused-ring (bicyclic) bond motifs is 2. The number of nitrogens with two attached hydrogens (primary N) is 1. The van der Waals surface area contributed by atoms with Crippen molar-refractivity contribution < 1.29 is 13.2 Å². The Morgan fingerprint density at radius 1 is 1.10 bits per heavy atom. The van der Waals surface area contributed by atoms with E-state index in [1.165, 1.54) is 23.3 Å². The Hall–Kier alpha value is -3.03. The van der Waals surface area contributed by atoms with Gasteiger partial charge in [-0.25, -0.2) is 13.6 Å². The molecule has 1 amide bonds. The van der Waals surface area contributed by atoms with E-state index in [0.717, 1.165) is 16.8 Å². The Balaban J connectivity index is 1.44. The summed E-state index contributed by atoms with van der Waals surface area (Å²) in [6.07, 6.45) is 3.17. The zero-order valence-electron chi connectivity index (χ0n) is 17.2. The van der Waals surface area contributed by atoms with E-state index in [0.29, 0.717) is 25.1 Å². The Morgan fingerprint density at radius 3 is 2.65 bits per heavy atom. The van der Waals surface area contributed by atoms with Crippen LogP contribution in [0.1, 0.15) is 29.5 Å². The third kappa shape index (κ3) is 3.43. The van der Waals surface area contributed by atoms with Crippen molar-refractivity contribution in [3.05, 3.63) is 77.5 Å². The van der Waals surface area contributed by atoms with Crippen molar-refractivity contribution in [3.63, 3.8) is 0 Å². The molecular formula is C24H23N3O3S. The first-order chi connectivity index (χ1) is 14.8. The number of carbonyl (C=O) groups is 1. The van der Waals surface area contributed by atoms with Crippen LogP contribution in [0.15, 0.2) is 65.7 Å². The third-order valence-electron chi connectivity index (χ3n) is 6.50. The van der Waals surface area contributed by atoms with E-state index in [-0.39, 0.29) is 22.6 Å². The lowest BCUT2D eigenvalue weighted by molar-refractivity contribution is -0.122. The van der Waals surface area contributed by atoms with Crippen molar-refractivity contribution in [3.8, 4) is 11.3 Å². The van der Waals surface area contributed by atoms with Gasteiger partial charge in [0.15, 0.2) is 0 Å². The van der Waals surface area contributed by atoms with Crippen molar-refractivity contribution in [2.75, 3.05) is 11.4 Å².